The summed E-state index contributed by atoms with van der Waals surface area (Å²) in [7, 11) is 0. The van der Waals surface area contributed by atoms with Gasteiger partial charge in [-0.1, -0.05) is 12.1 Å². The lowest BCUT2D eigenvalue weighted by Crippen LogP contribution is -2.26. The quantitative estimate of drug-likeness (QED) is 0.679. The lowest BCUT2D eigenvalue weighted by atomic mass is 9.95. The Morgan fingerprint density at radius 2 is 1.86 bits per heavy atom. The highest BCUT2D eigenvalue weighted by molar-refractivity contribution is 5.81. The number of piperidine rings is 1. The summed E-state index contributed by atoms with van der Waals surface area (Å²) < 4.78 is 0. The lowest BCUT2D eigenvalue weighted by Gasteiger charge is -2.21. The molecule has 1 saturated heterocycles. The van der Waals surface area contributed by atoms with E-state index >= 15 is 0 Å². The van der Waals surface area contributed by atoms with Gasteiger partial charge in [-0.3, -0.25) is 0 Å². The standard InChI is InChI=1S/C17H18N4O/c22-16-4-2-1-3-13(16)15-10-12-9-14(19-17(12)21-20-15)11-5-7-18-8-6-11/h1-4,9-11,18,22H,5-8H2,(H,19,21). The van der Waals surface area contributed by atoms with Crippen LogP contribution in [-0.4, -0.2) is 33.4 Å². The number of nitrogens with zero attached hydrogens (tertiary/aromatic N) is 2. The summed E-state index contributed by atoms with van der Waals surface area (Å²) in [4.78, 5) is 3.39. The van der Waals surface area contributed by atoms with Crippen LogP contribution in [0.25, 0.3) is 22.3 Å². The molecular weight excluding hydrogens is 276 g/mol. The van der Waals surface area contributed by atoms with E-state index in [1.165, 1.54) is 5.69 Å². The summed E-state index contributed by atoms with van der Waals surface area (Å²) in [5, 5.41) is 22.9. The van der Waals surface area contributed by atoms with Crippen LogP contribution in [0.5, 0.6) is 5.75 Å². The molecule has 3 heterocycles. The number of H-pyrrole nitrogens is 1. The number of hydrogen-bond donors (Lipinski definition) is 3. The van der Waals surface area contributed by atoms with E-state index in [9.17, 15) is 5.11 Å². The van der Waals surface area contributed by atoms with Gasteiger partial charge in [-0.15, -0.1) is 10.2 Å². The van der Waals surface area contributed by atoms with Crippen LogP contribution in [0.4, 0.5) is 0 Å². The van der Waals surface area contributed by atoms with Crippen LogP contribution in [-0.2, 0) is 0 Å². The highest BCUT2D eigenvalue weighted by Crippen LogP contribution is 2.31. The Labute approximate surface area is 128 Å². The molecular formula is C17H18N4O. The van der Waals surface area contributed by atoms with Gasteiger partial charge in [0.2, 0.25) is 0 Å². The van der Waals surface area contributed by atoms with Crippen LogP contribution < -0.4 is 5.32 Å². The lowest BCUT2D eigenvalue weighted by molar-refractivity contribution is 0.455. The van der Waals surface area contributed by atoms with Crippen molar-refractivity contribution in [3.8, 4) is 17.0 Å². The van der Waals surface area contributed by atoms with Gasteiger partial charge in [-0.25, -0.2) is 0 Å². The van der Waals surface area contributed by atoms with E-state index in [0.29, 0.717) is 17.2 Å². The van der Waals surface area contributed by atoms with E-state index in [4.69, 9.17) is 0 Å². The average Bonchev–Trinajstić information content (AvgIpc) is 2.99. The van der Waals surface area contributed by atoms with Crippen molar-refractivity contribution in [1.82, 2.24) is 20.5 Å². The van der Waals surface area contributed by atoms with Crippen molar-refractivity contribution in [3.63, 3.8) is 0 Å². The van der Waals surface area contributed by atoms with Crippen LogP contribution in [0.15, 0.2) is 36.4 Å². The number of benzene rings is 1. The van der Waals surface area contributed by atoms with Gasteiger partial charge in [-0.05, 0) is 50.2 Å². The number of nitrogens with one attached hydrogen (secondary N) is 2. The predicted octanol–water partition coefficient (Wildman–Crippen LogP) is 2.80. The van der Waals surface area contributed by atoms with E-state index in [2.05, 4.69) is 26.6 Å². The third-order valence-electron chi connectivity index (χ3n) is 4.36. The van der Waals surface area contributed by atoms with Crippen molar-refractivity contribution in [3.05, 3.63) is 42.1 Å². The number of aromatic nitrogens is 3. The molecule has 5 heteroatoms. The van der Waals surface area contributed by atoms with Crippen LogP contribution in [0.3, 0.4) is 0 Å². The third-order valence-corrected chi connectivity index (χ3v) is 4.36. The third kappa shape index (κ3) is 2.33. The fourth-order valence-corrected chi connectivity index (χ4v) is 3.13. The average molecular weight is 294 g/mol. The first-order valence-electron chi connectivity index (χ1n) is 7.67. The molecule has 1 aromatic carbocycles. The highest BCUT2D eigenvalue weighted by Gasteiger charge is 2.18. The number of hydrogen-bond acceptors (Lipinski definition) is 4. The molecule has 3 N–H and O–H groups in total. The summed E-state index contributed by atoms with van der Waals surface area (Å²) >= 11 is 0. The van der Waals surface area contributed by atoms with Gasteiger partial charge in [0.15, 0.2) is 5.65 Å². The van der Waals surface area contributed by atoms with Gasteiger partial charge >= 0.3 is 0 Å². The van der Waals surface area contributed by atoms with Crippen LogP contribution in [0.1, 0.15) is 24.5 Å². The van der Waals surface area contributed by atoms with Crippen molar-refractivity contribution < 1.29 is 5.11 Å². The molecule has 22 heavy (non-hydrogen) atoms. The molecule has 0 aliphatic carbocycles. The molecule has 1 fully saturated rings. The Bertz CT molecular complexity index is 805. The molecule has 0 atom stereocenters. The first-order chi connectivity index (χ1) is 10.8. The van der Waals surface area contributed by atoms with E-state index < -0.39 is 0 Å². The van der Waals surface area contributed by atoms with E-state index in [-0.39, 0.29) is 5.75 Å². The maximum absolute atomic E-state index is 9.96. The zero-order valence-corrected chi connectivity index (χ0v) is 12.2. The summed E-state index contributed by atoms with van der Waals surface area (Å²) in [6, 6.07) is 11.4. The number of aromatic amines is 1. The Morgan fingerprint density at radius 1 is 1.05 bits per heavy atom. The Kier molecular flexibility index (Phi) is 3.27. The summed E-state index contributed by atoms with van der Waals surface area (Å²) in [6.07, 6.45) is 2.29. The first kappa shape index (κ1) is 13.3. The molecule has 5 nitrogen and oxygen atoms in total. The Balaban J connectivity index is 1.73. The second-order valence-corrected chi connectivity index (χ2v) is 5.80. The summed E-state index contributed by atoms with van der Waals surface area (Å²) in [5.41, 5.74) is 3.45. The molecule has 0 bridgehead atoms. The number of aromatic hydroxyl groups is 1. The zero-order chi connectivity index (χ0) is 14.9. The van der Waals surface area contributed by atoms with Gasteiger partial charge in [-0.2, -0.15) is 0 Å². The van der Waals surface area contributed by atoms with Crippen LogP contribution in [0, 0.1) is 0 Å². The smallest absolute Gasteiger partial charge is 0.160 e. The molecule has 112 valence electrons. The largest absolute Gasteiger partial charge is 0.507 e. The monoisotopic (exact) mass is 294 g/mol. The molecule has 0 saturated carbocycles. The highest BCUT2D eigenvalue weighted by atomic mass is 16.3. The maximum atomic E-state index is 9.96. The fourth-order valence-electron chi connectivity index (χ4n) is 3.13. The fraction of sp³-hybridized carbons (Fsp3) is 0.294. The molecule has 1 aliphatic rings. The van der Waals surface area contributed by atoms with Crippen molar-refractivity contribution in [2.45, 2.75) is 18.8 Å². The molecule has 0 radical (unpaired) electrons. The molecule has 0 amide bonds. The second kappa shape index (κ2) is 5.42. The van der Waals surface area contributed by atoms with E-state index in [0.717, 1.165) is 37.0 Å². The Morgan fingerprint density at radius 3 is 2.68 bits per heavy atom. The van der Waals surface area contributed by atoms with Crippen molar-refractivity contribution in [1.29, 1.82) is 0 Å². The molecule has 1 aliphatic heterocycles. The minimum atomic E-state index is 0.227. The first-order valence-corrected chi connectivity index (χ1v) is 7.67. The molecule has 0 spiro atoms. The summed E-state index contributed by atoms with van der Waals surface area (Å²) in [6.45, 7) is 2.13. The van der Waals surface area contributed by atoms with E-state index in [1.54, 1.807) is 12.1 Å². The minimum Gasteiger partial charge on any atom is -0.507 e. The van der Waals surface area contributed by atoms with Gasteiger partial charge in [0, 0.05) is 22.6 Å². The van der Waals surface area contributed by atoms with Gasteiger partial charge in [0.1, 0.15) is 5.75 Å². The minimum absolute atomic E-state index is 0.227. The van der Waals surface area contributed by atoms with Gasteiger partial charge < -0.3 is 15.4 Å². The number of phenols is 1. The van der Waals surface area contributed by atoms with Crippen LogP contribution in [0.2, 0.25) is 0 Å². The second-order valence-electron chi connectivity index (χ2n) is 5.80. The molecule has 0 unspecified atom stereocenters. The van der Waals surface area contributed by atoms with Crippen LogP contribution >= 0.6 is 0 Å². The molecule has 2 aromatic heterocycles. The van der Waals surface area contributed by atoms with Crippen molar-refractivity contribution >= 4 is 11.0 Å². The van der Waals surface area contributed by atoms with Crippen molar-refractivity contribution in [2.24, 2.45) is 0 Å². The van der Waals surface area contributed by atoms with Gasteiger partial charge in [0.25, 0.3) is 0 Å². The topological polar surface area (TPSA) is 73.8 Å². The van der Waals surface area contributed by atoms with Crippen molar-refractivity contribution in [2.75, 3.05) is 13.1 Å². The number of para-hydroxylation sites is 1. The number of fused-ring (bicyclic) bond motifs is 1. The van der Waals surface area contributed by atoms with E-state index in [1.807, 2.05) is 18.2 Å². The summed E-state index contributed by atoms with van der Waals surface area (Å²) in [5.74, 6) is 0.786. The molecule has 3 aromatic rings. The number of rotatable bonds is 2. The van der Waals surface area contributed by atoms with Gasteiger partial charge in [0.05, 0.1) is 5.69 Å². The normalized spacial score (nSPS) is 16.2. The molecule has 4 rings (SSSR count). The predicted molar refractivity (Wildman–Crippen MR) is 85.8 cm³/mol. The SMILES string of the molecule is Oc1ccccc1-c1cc2cc(C3CCNCC3)[nH]c2nn1. The maximum Gasteiger partial charge on any atom is 0.160 e. The number of phenolic OH excluding ortho intramolecular Hbond substituents is 1. The Hall–Kier alpha value is -2.40. The zero-order valence-electron chi connectivity index (χ0n) is 12.2.